The lowest BCUT2D eigenvalue weighted by Crippen LogP contribution is -2.23. The van der Waals surface area contributed by atoms with Gasteiger partial charge in [0.1, 0.15) is 11.6 Å². The lowest BCUT2D eigenvalue weighted by atomic mass is 10.1. The van der Waals surface area contributed by atoms with Gasteiger partial charge in [-0.1, -0.05) is 30.3 Å². The van der Waals surface area contributed by atoms with Crippen molar-refractivity contribution in [3.63, 3.8) is 0 Å². The fraction of sp³-hybridized carbons (Fsp3) is 0.182. The molecule has 5 heteroatoms. The van der Waals surface area contributed by atoms with Crippen molar-refractivity contribution in [2.75, 3.05) is 12.4 Å². The Morgan fingerprint density at radius 1 is 1.07 bits per heavy atom. The minimum absolute atomic E-state index is 0.139. The van der Waals surface area contributed by atoms with Crippen LogP contribution in [0.3, 0.4) is 0 Å². The summed E-state index contributed by atoms with van der Waals surface area (Å²) in [6.07, 6.45) is 1.62. The van der Waals surface area contributed by atoms with E-state index in [4.69, 9.17) is 4.74 Å². The maximum Gasteiger partial charge on any atom is 0.251 e. The number of ether oxygens (including phenoxy) is 1. The van der Waals surface area contributed by atoms with Crippen LogP contribution in [0.2, 0.25) is 0 Å². The Bertz CT molecular complexity index is 954. The molecule has 0 saturated carbocycles. The number of aryl methyl sites for hydroxylation is 2. The first-order valence-electron chi connectivity index (χ1n) is 8.77. The van der Waals surface area contributed by atoms with Gasteiger partial charge in [0, 0.05) is 18.3 Å². The molecule has 0 unspecified atom stereocenters. The van der Waals surface area contributed by atoms with Gasteiger partial charge in [-0.2, -0.15) is 0 Å². The molecule has 0 aliphatic carbocycles. The molecule has 3 rings (SSSR count). The average Bonchev–Trinajstić information content (AvgIpc) is 2.67. The van der Waals surface area contributed by atoms with E-state index in [1.54, 1.807) is 25.4 Å². The van der Waals surface area contributed by atoms with Crippen LogP contribution in [-0.4, -0.2) is 18.0 Å². The van der Waals surface area contributed by atoms with Crippen molar-refractivity contribution < 1.29 is 9.53 Å². The standard InChI is InChI=1S/C22H23N3O2/c1-15-8-9-20(27-3)19(12-15)25-21-13-17(10-11-23-21)22(26)24-14-18-7-5-4-6-16(18)2/h4-13H,14H2,1-3H3,(H,23,25)(H,24,26). The molecular formula is C22H23N3O2. The molecule has 138 valence electrons. The van der Waals surface area contributed by atoms with Gasteiger partial charge in [0.25, 0.3) is 5.91 Å². The number of carbonyl (C=O) groups is 1. The van der Waals surface area contributed by atoms with E-state index < -0.39 is 0 Å². The lowest BCUT2D eigenvalue weighted by Gasteiger charge is -2.12. The van der Waals surface area contributed by atoms with Crippen LogP contribution in [0.4, 0.5) is 11.5 Å². The number of anilines is 2. The van der Waals surface area contributed by atoms with E-state index >= 15 is 0 Å². The van der Waals surface area contributed by atoms with Crippen molar-refractivity contribution >= 4 is 17.4 Å². The molecule has 0 saturated heterocycles. The van der Waals surface area contributed by atoms with Gasteiger partial charge in [-0.3, -0.25) is 4.79 Å². The first-order valence-corrected chi connectivity index (χ1v) is 8.77. The third-order valence-electron chi connectivity index (χ3n) is 4.34. The highest BCUT2D eigenvalue weighted by atomic mass is 16.5. The number of hydrogen-bond donors (Lipinski definition) is 2. The molecule has 0 bridgehead atoms. The average molecular weight is 361 g/mol. The third kappa shape index (κ3) is 4.64. The number of carbonyl (C=O) groups excluding carboxylic acids is 1. The van der Waals surface area contributed by atoms with Crippen molar-refractivity contribution in [1.82, 2.24) is 10.3 Å². The molecule has 3 aromatic rings. The lowest BCUT2D eigenvalue weighted by molar-refractivity contribution is 0.0951. The predicted molar refractivity (Wildman–Crippen MR) is 108 cm³/mol. The van der Waals surface area contributed by atoms with Crippen molar-refractivity contribution in [2.24, 2.45) is 0 Å². The van der Waals surface area contributed by atoms with Crippen molar-refractivity contribution in [2.45, 2.75) is 20.4 Å². The second kappa shape index (κ2) is 8.36. The van der Waals surface area contributed by atoms with Gasteiger partial charge >= 0.3 is 0 Å². The van der Waals surface area contributed by atoms with Crippen LogP contribution < -0.4 is 15.4 Å². The quantitative estimate of drug-likeness (QED) is 0.684. The summed E-state index contributed by atoms with van der Waals surface area (Å²) < 4.78 is 5.38. The first-order chi connectivity index (χ1) is 13.1. The van der Waals surface area contributed by atoms with Gasteiger partial charge < -0.3 is 15.4 Å². The highest BCUT2D eigenvalue weighted by molar-refractivity contribution is 5.95. The number of pyridine rings is 1. The maximum absolute atomic E-state index is 12.5. The summed E-state index contributed by atoms with van der Waals surface area (Å²) in [5, 5.41) is 6.19. The zero-order chi connectivity index (χ0) is 19.2. The van der Waals surface area contributed by atoms with Gasteiger partial charge in [-0.05, 0) is 54.8 Å². The molecular weight excluding hydrogens is 338 g/mol. The summed E-state index contributed by atoms with van der Waals surface area (Å²) in [6.45, 7) is 4.53. The van der Waals surface area contributed by atoms with Crippen LogP contribution in [0.5, 0.6) is 5.75 Å². The predicted octanol–water partition coefficient (Wildman–Crippen LogP) is 4.38. The Kier molecular flexibility index (Phi) is 5.71. The second-order valence-electron chi connectivity index (χ2n) is 6.37. The van der Waals surface area contributed by atoms with E-state index in [0.29, 0.717) is 17.9 Å². The minimum atomic E-state index is -0.139. The number of amides is 1. The molecule has 2 aromatic carbocycles. The highest BCUT2D eigenvalue weighted by Crippen LogP contribution is 2.28. The molecule has 5 nitrogen and oxygen atoms in total. The summed E-state index contributed by atoms with van der Waals surface area (Å²) in [4.78, 5) is 16.8. The Hall–Kier alpha value is -3.34. The Balaban J connectivity index is 1.73. The molecule has 0 atom stereocenters. The summed E-state index contributed by atoms with van der Waals surface area (Å²) in [5.74, 6) is 1.17. The number of nitrogens with one attached hydrogen (secondary N) is 2. The monoisotopic (exact) mass is 361 g/mol. The number of benzene rings is 2. The van der Waals surface area contributed by atoms with E-state index in [9.17, 15) is 4.79 Å². The minimum Gasteiger partial charge on any atom is -0.495 e. The fourth-order valence-electron chi connectivity index (χ4n) is 2.78. The largest absolute Gasteiger partial charge is 0.495 e. The Labute approximate surface area is 159 Å². The molecule has 0 spiro atoms. The fourth-order valence-corrected chi connectivity index (χ4v) is 2.78. The van der Waals surface area contributed by atoms with Gasteiger partial charge in [0.15, 0.2) is 0 Å². The number of hydrogen-bond acceptors (Lipinski definition) is 4. The SMILES string of the molecule is COc1ccc(C)cc1Nc1cc(C(=O)NCc2ccccc2C)ccn1. The van der Waals surface area contributed by atoms with Gasteiger partial charge in [0.2, 0.25) is 0 Å². The molecule has 1 heterocycles. The van der Waals surface area contributed by atoms with Crippen molar-refractivity contribution in [1.29, 1.82) is 0 Å². The normalized spacial score (nSPS) is 10.3. The van der Waals surface area contributed by atoms with Crippen LogP contribution in [0, 0.1) is 13.8 Å². The van der Waals surface area contributed by atoms with Crippen LogP contribution in [0.25, 0.3) is 0 Å². The van der Waals surface area contributed by atoms with E-state index in [-0.39, 0.29) is 5.91 Å². The summed E-state index contributed by atoms with van der Waals surface area (Å²) >= 11 is 0. The zero-order valence-electron chi connectivity index (χ0n) is 15.7. The maximum atomic E-state index is 12.5. The smallest absolute Gasteiger partial charge is 0.251 e. The Morgan fingerprint density at radius 3 is 2.67 bits per heavy atom. The summed E-state index contributed by atoms with van der Waals surface area (Å²) in [6, 6.07) is 17.3. The molecule has 1 amide bonds. The van der Waals surface area contributed by atoms with Gasteiger partial charge in [0.05, 0.1) is 12.8 Å². The third-order valence-corrected chi connectivity index (χ3v) is 4.34. The van der Waals surface area contributed by atoms with Crippen molar-refractivity contribution in [3.05, 3.63) is 83.0 Å². The van der Waals surface area contributed by atoms with E-state index in [1.165, 1.54) is 0 Å². The number of rotatable bonds is 6. The Morgan fingerprint density at radius 2 is 1.89 bits per heavy atom. The highest BCUT2D eigenvalue weighted by Gasteiger charge is 2.09. The van der Waals surface area contributed by atoms with Gasteiger partial charge in [-0.25, -0.2) is 4.98 Å². The molecule has 0 aliphatic heterocycles. The molecule has 2 N–H and O–H groups in total. The van der Waals surface area contributed by atoms with Crippen LogP contribution in [-0.2, 0) is 6.54 Å². The van der Waals surface area contributed by atoms with Crippen LogP contribution in [0.15, 0.2) is 60.8 Å². The van der Waals surface area contributed by atoms with E-state index in [0.717, 1.165) is 28.1 Å². The zero-order valence-corrected chi connectivity index (χ0v) is 15.7. The molecule has 0 radical (unpaired) electrons. The number of aromatic nitrogens is 1. The van der Waals surface area contributed by atoms with Gasteiger partial charge in [-0.15, -0.1) is 0 Å². The van der Waals surface area contributed by atoms with Crippen LogP contribution >= 0.6 is 0 Å². The van der Waals surface area contributed by atoms with E-state index in [1.807, 2.05) is 56.3 Å². The summed E-state index contributed by atoms with van der Waals surface area (Å²) in [7, 11) is 1.62. The summed E-state index contributed by atoms with van der Waals surface area (Å²) in [5.41, 5.74) is 4.71. The molecule has 1 aromatic heterocycles. The van der Waals surface area contributed by atoms with Crippen LogP contribution in [0.1, 0.15) is 27.0 Å². The molecule has 0 fully saturated rings. The first kappa shape index (κ1) is 18.5. The van der Waals surface area contributed by atoms with E-state index in [2.05, 4.69) is 15.6 Å². The molecule has 0 aliphatic rings. The molecule has 27 heavy (non-hydrogen) atoms. The number of methoxy groups -OCH3 is 1. The number of nitrogens with zero attached hydrogens (tertiary/aromatic N) is 1. The van der Waals surface area contributed by atoms with Crippen molar-refractivity contribution in [3.8, 4) is 5.75 Å². The topological polar surface area (TPSA) is 63.2 Å². The second-order valence-corrected chi connectivity index (χ2v) is 6.37.